The number of nitrogens with two attached hydrogens (primary N) is 1. The van der Waals surface area contributed by atoms with Crippen molar-refractivity contribution in [3.8, 4) is 0 Å². The first-order valence-electron chi connectivity index (χ1n) is 3.25. The van der Waals surface area contributed by atoms with Gasteiger partial charge in [0.1, 0.15) is 0 Å². The van der Waals surface area contributed by atoms with E-state index >= 15 is 0 Å². The molecule has 10 heavy (non-hydrogen) atoms. The molecule has 0 radical (unpaired) electrons. The molecule has 0 aromatic carbocycles. The molecule has 0 saturated carbocycles. The van der Waals surface area contributed by atoms with E-state index in [9.17, 15) is 4.57 Å². The predicted octanol–water partition coefficient (Wildman–Crippen LogP) is 2.79. The third-order valence-electron chi connectivity index (χ3n) is 1.12. The normalized spacial score (nSPS) is 11.9. The fourth-order valence-corrected chi connectivity index (χ4v) is 1.93. The largest absolute Gasteiger partial charge is 0.330 e. The van der Waals surface area contributed by atoms with Crippen LogP contribution in [0.4, 0.5) is 0 Å². The van der Waals surface area contributed by atoms with Crippen molar-refractivity contribution in [2.75, 3.05) is 12.7 Å². The van der Waals surface area contributed by atoms with Crippen molar-refractivity contribution in [3.63, 3.8) is 0 Å². The van der Waals surface area contributed by atoms with Crippen molar-refractivity contribution < 1.29 is 4.57 Å². The Bertz CT molecular complexity index is 125. The van der Waals surface area contributed by atoms with Crippen molar-refractivity contribution in [3.05, 3.63) is 0 Å². The van der Waals surface area contributed by atoms with E-state index in [1.165, 1.54) is 0 Å². The summed E-state index contributed by atoms with van der Waals surface area (Å²) >= 11 is 10.6. The lowest BCUT2D eigenvalue weighted by atomic mass is 10.2. The van der Waals surface area contributed by atoms with Gasteiger partial charge in [-0.15, -0.1) is 0 Å². The van der Waals surface area contributed by atoms with Gasteiger partial charge in [0.15, 0.2) is 0 Å². The van der Waals surface area contributed by atoms with Crippen LogP contribution in [0.5, 0.6) is 0 Å². The van der Waals surface area contributed by atoms with Gasteiger partial charge in [-0.2, -0.15) is 0 Å². The van der Waals surface area contributed by atoms with Gasteiger partial charge in [0.2, 0.25) is 0 Å². The molecule has 0 aliphatic rings. The maximum Gasteiger partial charge on any atom is 0.253 e. The molecule has 0 rings (SSSR count). The van der Waals surface area contributed by atoms with E-state index in [-0.39, 0.29) is 0 Å². The number of unbranched alkanes of at least 4 members (excludes halogenated alkanes) is 2. The van der Waals surface area contributed by atoms with Crippen LogP contribution in [0.3, 0.4) is 0 Å². The summed E-state index contributed by atoms with van der Waals surface area (Å²) in [4.78, 5) is 0. The molecule has 0 bridgehead atoms. The lowest BCUT2D eigenvalue weighted by Gasteiger charge is -1.99. The molecule has 0 spiro atoms. The van der Waals surface area contributed by atoms with E-state index in [0.29, 0.717) is 12.7 Å². The summed E-state index contributed by atoms with van der Waals surface area (Å²) in [5, 5.41) is 0. The standard InChI is InChI=1S/C5H12Cl2NOP/c6-10(7,9)5-3-1-2-4-8/h1-5,8H2. The molecule has 0 amide bonds. The molecule has 0 fully saturated rings. The van der Waals surface area contributed by atoms with Crippen LogP contribution in [0.25, 0.3) is 0 Å². The van der Waals surface area contributed by atoms with E-state index in [4.69, 9.17) is 28.2 Å². The third kappa shape index (κ3) is 8.77. The summed E-state index contributed by atoms with van der Waals surface area (Å²) in [6.45, 7) is 0.675. The highest BCUT2D eigenvalue weighted by molar-refractivity contribution is 8.08. The van der Waals surface area contributed by atoms with Crippen LogP contribution in [0.15, 0.2) is 0 Å². The van der Waals surface area contributed by atoms with Crippen LogP contribution in [0, 0.1) is 0 Å². The van der Waals surface area contributed by atoms with Crippen molar-refractivity contribution in [2.45, 2.75) is 19.3 Å². The average molecular weight is 204 g/mol. The van der Waals surface area contributed by atoms with Crippen LogP contribution in [-0.2, 0) is 4.57 Å². The average Bonchev–Trinajstić information content (AvgIpc) is 1.78. The zero-order chi connectivity index (χ0) is 8.04. The number of halogens is 2. The van der Waals surface area contributed by atoms with E-state index < -0.39 is 5.85 Å². The van der Waals surface area contributed by atoms with E-state index in [0.717, 1.165) is 19.3 Å². The Morgan fingerprint density at radius 3 is 2.20 bits per heavy atom. The third-order valence-corrected chi connectivity index (χ3v) is 2.97. The second kappa shape index (κ2) is 5.42. The summed E-state index contributed by atoms with van der Waals surface area (Å²) in [6.07, 6.45) is 3.13. The van der Waals surface area contributed by atoms with Crippen LogP contribution < -0.4 is 5.73 Å². The van der Waals surface area contributed by atoms with Crippen LogP contribution >= 0.6 is 28.3 Å². The molecule has 0 aromatic heterocycles. The van der Waals surface area contributed by atoms with Gasteiger partial charge < -0.3 is 5.73 Å². The summed E-state index contributed by atoms with van der Waals surface area (Å²) < 4.78 is 10.7. The molecule has 2 nitrogen and oxygen atoms in total. The highest BCUT2D eigenvalue weighted by atomic mass is 35.9. The molecule has 0 aliphatic carbocycles. The highest BCUT2D eigenvalue weighted by Crippen LogP contribution is 2.56. The molecule has 5 heteroatoms. The quantitative estimate of drug-likeness (QED) is 0.552. The van der Waals surface area contributed by atoms with Crippen molar-refractivity contribution in [1.29, 1.82) is 0 Å². The van der Waals surface area contributed by atoms with Crippen molar-refractivity contribution >= 4 is 28.3 Å². The zero-order valence-corrected chi connectivity index (χ0v) is 8.13. The Labute approximate surface area is 71.0 Å². The summed E-state index contributed by atoms with van der Waals surface area (Å²) in [6, 6.07) is 0. The zero-order valence-electron chi connectivity index (χ0n) is 5.72. The molecule has 0 aliphatic heterocycles. The number of hydrogen-bond donors (Lipinski definition) is 1. The fraction of sp³-hybridized carbons (Fsp3) is 1.00. The van der Waals surface area contributed by atoms with E-state index in [1.54, 1.807) is 0 Å². The second-order valence-electron chi connectivity index (χ2n) is 2.14. The van der Waals surface area contributed by atoms with Crippen molar-refractivity contribution in [1.82, 2.24) is 0 Å². The SMILES string of the molecule is NCCCCCP(=O)(Cl)Cl. The first kappa shape index (κ1) is 10.8. The topological polar surface area (TPSA) is 43.1 Å². The molecule has 0 heterocycles. The van der Waals surface area contributed by atoms with Gasteiger partial charge in [0.05, 0.1) is 0 Å². The molecule has 62 valence electrons. The van der Waals surface area contributed by atoms with Gasteiger partial charge in [-0.05, 0) is 41.9 Å². The van der Waals surface area contributed by atoms with Gasteiger partial charge in [-0.25, -0.2) is 0 Å². The molecular formula is C5H12Cl2NOP. The second-order valence-corrected chi connectivity index (χ2v) is 7.53. The Morgan fingerprint density at radius 1 is 1.20 bits per heavy atom. The Kier molecular flexibility index (Phi) is 5.84. The van der Waals surface area contributed by atoms with Crippen LogP contribution in [0.1, 0.15) is 19.3 Å². The van der Waals surface area contributed by atoms with Gasteiger partial charge in [0.25, 0.3) is 5.85 Å². The monoisotopic (exact) mass is 203 g/mol. The summed E-state index contributed by atoms with van der Waals surface area (Å²) in [7, 11) is 0. The molecular weight excluding hydrogens is 192 g/mol. The molecule has 0 saturated heterocycles. The predicted molar refractivity (Wildman–Crippen MR) is 47.1 cm³/mol. The smallest absolute Gasteiger partial charge is 0.253 e. The maximum atomic E-state index is 10.7. The summed E-state index contributed by atoms with van der Waals surface area (Å²) in [5.41, 5.74) is 5.24. The molecule has 0 atom stereocenters. The number of hydrogen-bond acceptors (Lipinski definition) is 2. The van der Waals surface area contributed by atoms with Crippen LogP contribution in [0.2, 0.25) is 0 Å². The minimum atomic E-state index is -2.80. The fourth-order valence-electron chi connectivity index (χ4n) is 0.617. The molecule has 2 N–H and O–H groups in total. The first-order chi connectivity index (χ1) is 4.56. The van der Waals surface area contributed by atoms with Gasteiger partial charge in [0, 0.05) is 6.16 Å². The van der Waals surface area contributed by atoms with E-state index in [1.807, 2.05) is 0 Å². The minimum Gasteiger partial charge on any atom is -0.330 e. The molecule has 0 aromatic rings. The van der Waals surface area contributed by atoms with Crippen LogP contribution in [-0.4, -0.2) is 12.7 Å². The Hall–Kier alpha value is 0.770. The molecule has 0 unspecified atom stereocenters. The summed E-state index contributed by atoms with van der Waals surface area (Å²) in [5.74, 6) is -2.80. The van der Waals surface area contributed by atoms with Gasteiger partial charge >= 0.3 is 0 Å². The first-order valence-corrected chi connectivity index (χ1v) is 6.95. The Morgan fingerprint density at radius 2 is 1.80 bits per heavy atom. The lowest BCUT2D eigenvalue weighted by molar-refractivity contribution is 0.589. The Balaban J connectivity index is 3.13. The maximum absolute atomic E-state index is 10.7. The van der Waals surface area contributed by atoms with Gasteiger partial charge in [-0.3, -0.25) is 4.57 Å². The lowest BCUT2D eigenvalue weighted by Crippen LogP contribution is -1.97. The highest BCUT2D eigenvalue weighted by Gasteiger charge is 2.11. The minimum absolute atomic E-state index is 0.413. The number of rotatable bonds is 5. The van der Waals surface area contributed by atoms with Gasteiger partial charge in [-0.1, -0.05) is 6.42 Å². The van der Waals surface area contributed by atoms with Crippen molar-refractivity contribution in [2.24, 2.45) is 5.73 Å². The van der Waals surface area contributed by atoms with E-state index in [2.05, 4.69) is 0 Å².